The molecular weight excluding hydrogens is 280 g/mol. The fraction of sp³-hybridized carbons (Fsp3) is 0.438. The molecule has 1 fully saturated rings. The normalized spacial score (nSPS) is 16.3. The maximum absolute atomic E-state index is 11.7. The van der Waals surface area contributed by atoms with Crippen LogP contribution in [0.25, 0.3) is 11.5 Å². The molecule has 1 saturated heterocycles. The van der Waals surface area contributed by atoms with Crippen LogP contribution in [-0.2, 0) is 11.2 Å². The predicted molar refractivity (Wildman–Crippen MR) is 83.5 cm³/mol. The molecule has 2 heterocycles. The summed E-state index contributed by atoms with van der Waals surface area (Å²) in [4.78, 5) is 18.0. The van der Waals surface area contributed by atoms with Gasteiger partial charge in [-0.3, -0.25) is 4.79 Å². The van der Waals surface area contributed by atoms with Gasteiger partial charge in [0.1, 0.15) is 0 Å². The standard InChI is InChI=1S/C16H20N4O2/c1-11(17-2)10-14-18-16(22-19-14)12-5-7-13(8-6-12)20-9-3-4-15(20)21/h5-8,11,17H,3-4,9-10H2,1-2H3. The maximum atomic E-state index is 11.7. The van der Waals surface area contributed by atoms with Gasteiger partial charge in [-0.05, 0) is 44.7 Å². The van der Waals surface area contributed by atoms with E-state index in [2.05, 4.69) is 22.4 Å². The van der Waals surface area contributed by atoms with E-state index in [1.165, 1.54) is 0 Å². The largest absolute Gasteiger partial charge is 0.334 e. The van der Waals surface area contributed by atoms with E-state index in [9.17, 15) is 4.79 Å². The van der Waals surface area contributed by atoms with Crippen LogP contribution in [0.15, 0.2) is 28.8 Å². The first-order valence-electron chi connectivity index (χ1n) is 7.58. The van der Waals surface area contributed by atoms with Crippen molar-refractivity contribution in [2.24, 2.45) is 0 Å². The molecule has 2 aromatic rings. The van der Waals surface area contributed by atoms with Gasteiger partial charge in [0.05, 0.1) is 0 Å². The summed E-state index contributed by atoms with van der Waals surface area (Å²) < 4.78 is 5.31. The molecule has 22 heavy (non-hydrogen) atoms. The van der Waals surface area contributed by atoms with Crippen LogP contribution >= 0.6 is 0 Å². The summed E-state index contributed by atoms with van der Waals surface area (Å²) in [5.74, 6) is 1.39. The van der Waals surface area contributed by atoms with E-state index in [-0.39, 0.29) is 5.91 Å². The van der Waals surface area contributed by atoms with Crippen molar-refractivity contribution in [2.45, 2.75) is 32.2 Å². The van der Waals surface area contributed by atoms with Crippen molar-refractivity contribution in [1.82, 2.24) is 15.5 Å². The molecule has 0 aliphatic carbocycles. The average Bonchev–Trinajstić information content (AvgIpc) is 3.16. The SMILES string of the molecule is CNC(C)Cc1noc(-c2ccc(N3CCCC3=O)cc2)n1. The number of aromatic nitrogens is 2. The molecule has 0 saturated carbocycles. The highest BCUT2D eigenvalue weighted by Crippen LogP contribution is 2.25. The number of benzene rings is 1. The van der Waals surface area contributed by atoms with Crippen molar-refractivity contribution in [2.75, 3.05) is 18.5 Å². The zero-order valence-corrected chi connectivity index (χ0v) is 12.9. The zero-order valence-electron chi connectivity index (χ0n) is 12.9. The molecule has 116 valence electrons. The Hall–Kier alpha value is -2.21. The van der Waals surface area contributed by atoms with Gasteiger partial charge in [0.15, 0.2) is 5.82 Å². The number of nitrogens with one attached hydrogen (secondary N) is 1. The first kappa shape index (κ1) is 14.7. The Morgan fingerprint density at radius 1 is 1.36 bits per heavy atom. The van der Waals surface area contributed by atoms with E-state index >= 15 is 0 Å². The zero-order chi connectivity index (χ0) is 15.5. The quantitative estimate of drug-likeness (QED) is 0.914. The summed E-state index contributed by atoms with van der Waals surface area (Å²) in [7, 11) is 1.91. The summed E-state index contributed by atoms with van der Waals surface area (Å²) in [6, 6.07) is 7.99. The van der Waals surface area contributed by atoms with Gasteiger partial charge in [0.25, 0.3) is 5.89 Å². The molecular formula is C16H20N4O2. The van der Waals surface area contributed by atoms with E-state index in [0.717, 1.165) is 30.6 Å². The average molecular weight is 300 g/mol. The predicted octanol–water partition coefficient (Wildman–Crippen LogP) is 2.01. The summed E-state index contributed by atoms with van der Waals surface area (Å²) in [6.45, 7) is 2.86. The molecule has 3 rings (SSSR count). The molecule has 0 spiro atoms. The fourth-order valence-electron chi connectivity index (χ4n) is 2.54. The molecule has 1 atom stereocenters. The van der Waals surface area contributed by atoms with Gasteiger partial charge in [-0.2, -0.15) is 4.98 Å². The molecule has 1 N–H and O–H groups in total. The van der Waals surface area contributed by atoms with Gasteiger partial charge in [-0.15, -0.1) is 0 Å². The monoisotopic (exact) mass is 300 g/mol. The van der Waals surface area contributed by atoms with Crippen molar-refractivity contribution < 1.29 is 9.32 Å². The van der Waals surface area contributed by atoms with Gasteiger partial charge in [0.2, 0.25) is 5.91 Å². The Kier molecular flexibility index (Phi) is 4.20. The van der Waals surface area contributed by atoms with E-state index < -0.39 is 0 Å². The van der Waals surface area contributed by atoms with Crippen LogP contribution < -0.4 is 10.2 Å². The number of carbonyl (C=O) groups excluding carboxylic acids is 1. The Morgan fingerprint density at radius 2 is 2.14 bits per heavy atom. The Labute approximate surface area is 129 Å². The van der Waals surface area contributed by atoms with Gasteiger partial charge < -0.3 is 14.7 Å². The highest BCUT2D eigenvalue weighted by Gasteiger charge is 2.21. The molecule has 0 bridgehead atoms. The van der Waals surface area contributed by atoms with E-state index in [4.69, 9.17) is 4.52 Å². The molecule has 1 aromatic carbocycles. The Morgan fingerprint density at radius 3 is 2.77 bits per heavy atom. The lowest BCUT2D eigenvalue weighted by Crippen LogP contribution is -2.24. The van der Waals surface area contributed by atoms with Crippen LogP contribution in [0.3, 0.4) is 0 Å². The summed E-state index contributed by atoms with van der Waals surface area (Å²) in [6.07, 6.45) is 2.29. The van der Waals surface area contributed by atoms with Gasteiger partial charge in [-0.1, -0.05) is 5.16 Å². The molecule has 1 aliphatic heterocycles. The van der Waals surface area contributed by atoms with E-state index in [1.54, 1.807) is 0 Å². The third-order valence-corrected chi connectivity index (χ3v) is 3.95. The number of amides is 1. The van der Waals surface area contributed by atoms with Gasteiger partial charge >= 0.3 is 0 Å². The van der Waals surface area contributed by atoms with E-state index in [0.29, 0.717) is 24.2 Å². The summed E-state index contributed by atoms with van der Waals surface area (Å²) in [5.41, 5.74) is 1.79. The summed E-state index contributed by atoms with van der Waals surface area (Å²) in [5, 5.41) is 7.15. The van der Waals surface area contributed by atoms with Gasteiger partial charge in [0, 0.05) is 36.7 Å². The highest BCUT2D eigenvalue weighted by molar-refractivity contribution is 5.95. The molecule has 6 heteroatoms. The first-order valence-corrected chi connectivity index (χ1v) is 7.58. The number of anilines is 1. The maximum Gasteiger partial charge on any atom is 0.257 e. The Balaban J connectivity index is 1.74. The summed E-state index contributed by atoms with van der Waals surface area (Å²) >= 11 is 0. The molecule has 1 amide bonds. The third kappa shape index (κ3) is 3.01. The van der Waals surface area contributed by atoms with Crippen molar-refractivity contribution in [3.05, 3.63) is 30.1 Å². The van der Waals surface area contributed by atoms with Crippen LogP contribution in [0, 0.1) is 0 Å². The minimum absolute atomic E-state index is 0.189. The second-order valence-electron chi connectivity index (χ2n) is 5.61. The number of carbonyl (C=O) groups is 1. The third-order valence-electron chi connectivity index (χ3n) is 3.95. The molecule has 1 unspecified atom stereocenters. The van der Waals surface area contributed by atoms with Crippen LogP contribution in [-0.4, -0.2) is 35.7 Å². The molecule has 0 radical (unpaired) electrons. The number of hydrogen-bond acceptors (Lipinski definition) is 5. The minimum Gasteiger partial charge on any atom is -0.334 e. The minimum atomic E-state index is 0.189. The second kappa shape index (κ2) is 6.27. The lowest BCUT2D eigenvalue weighted by molar-refractivity contribution is -0.117. The lowest BCUT2D eigenvalue weighted by atomic mass is 10.2. The number of likely N-dealkylation sites (N-methyl/N-ethyl adjacent to an activating group) is 1. The van der Waals surface area contributed by atoms with Crippen molar-refractivity contribution >= 4 is 11.6 Å². The van der Waals surface area contributed by atoms with Crippen LogP contribution in [0.2, 0.25) is 0 Å². The smallest absolute Gasteiger partial charge is 0.257 e. The molecule has 1 aliphatic rings. The second-order valence-corrected chi connectivity index (χ2v) is 5.61. The van der Waals surface area contributed by atoms with Crippen molar-refractivity contribution in [1.29, 1.82) is 0 Å². The number of hydrogen-bond donors (Lipinski definition) is 1. The van der Waals surface area contributed by atoms with Crippen LogP contribution in [0.5, 0.6) is 0 Å². The van der Waals surface area contributed by atoms with Gasteiger partial charge in [-0.25, -0.2) is 0 Å². The van der Waals surface area contributed by atoms with Crippen LogP contribution in [0.1, 0.15) is 25.6 Å². The lowest BCUT2D eigenvalue weighted by Gasteiger charge is -2.15. The van der Waals surface area contributed by atoms with E-state index in [1.807, 2.05) is 36.2 Å². The number of rotatable bonds is 5. The topological polar surface area (TPSA) is 71.3 Å². The van der Waals surface area contributed by atoms with Crippen molar-refractivity contribution in [3.8, 4) is 11.5 Å². The highest BCUT2D eigenvalue weighted by atomic mass is 16.5. The molecule has 6 nitrogen and oxygen atoms in total. The molecule has 1 aromatic heterocycles. The van der Waals surface area contributed by atoms with Crippen LogP contribution in [0.4, 0.5) is 5.69 Å². The first-order chi connectivity index (χ1) is 10.7. The fourth-order valence-corrected chi connectivity index (χ4v) is 2.54. The number of nitrogens with zero attached hydrogens (tertiary/aromatic N) is 3. The Bertz CT molecular complexity index is 650. The van der Waals surface area contributed by atoms with Crippen molar-refractivity contribution in [3.63, 3.8) is 0 Å².